The molecule has 1 aromatic carbocycles. The second-order valence-corrected chi connectivity index (χ2v) is 6.49. The van der Waals surface area contributed by atoms with E-state index >= 15 is 0 Å². The average Bonchev–Trinajstić information content (AvgIpc) is 2.47. The zero-order valence-electron chi connectivity index (χ0n) is 11.9. The maximum absolute atomic E-state index is 12.0. The van der Waals surface area contributed by atoms with Crippen molar-refractivity contribution in [2.24, 2.45) is 0 Å². The van der Waals surface area contributed by atoms with Gasteiger partial charge in [0.25, 0.3) is 0 Å². The van der Waals surface area contributed by atoms with E-state index in [2.05, 4.69) is 12.2 Å². The molecule has 0 saturated carbocycles. The normalized spacial score (nSPS) is 13.2. The maximum Gasteiger partial charge on any atom is 0.239 e. The third kappa shape index (κ3) is 5.14. The Morgan fingerprint density at radius 2 is 2.00 bits per heavy atom. The van der Waals surface area contributed by atoms with Crippen LogP contribution < -0.4 is 5.32 Å². The van der Waals surface area contributed by atoms with Crippen LogP contribution in [0.1, 0.15) is 38.7 Å². The van der Waals surface area contributed by atoms with E-state index in [0.29, 0.717) is 17.0 Å². The van der Waals surface area contributed by atoms with E-state index in [4.69, 9.17) is 5.26 Å². The molecule has 0 spiro atoms. The van der Waals surface area contributed by atoms with Gasteiger partial charge in [0, 0.05) is 22.2 Å². The van der Waals surface area contributed by atoms with E-state index in [1.165, 1.54) is 0 Å². The molecule has 0 aromatic heterocycles. The number of hydrogen-bond acceptors (Lipinski definition) is 3. The second-order valence-electron chi connectivity index (χ2n) is 4.61. The van der Waals surface area contributed by atoms with Crippen LogP contribution >= 0.6 is 0 Å². The molecule has 0 radical (unpaired) electrons. The molecule has 0 saturated heterocycles. The number of rotatable bonds is 7. The molecule has 1 aromatic rings. The first-order valence-electron chi connectivity index (χ1n) is 6.76. The van der Waals surface area contributed by atoms with Crippen molar-refractivity contribution in [1.29, 1.82) is 5.26 Å². The zero-order valence-corrected chi connectivity index (χ0v) is 12.7. The summed E-state index contributed by atoms with van der Waals surface area (Å²) in [5.74, 6) is 0.319. The van der Waals surface area contributed by atoms with Crippen molar-refractivity contribution in [2.75, 3.05) is 11.1 Å². The number of nitrogens with one attached hydrogen (secondary N) is 1. The predicted molar refractivity (Wildman–Crippen MR) is 81.8 cm³/mol. The zero-order chi connectivity index (χ0) is 15.0. The van der Waals surface area contributed by atoms with Gasteiger partial charge in [0.1, 0.15) is 5.25 Å². The first-order valence-corrected chi connectivity index (χ1v) is 8.15. The van der Waals surface area contributed by atoms with Crippen molar-refractivity contribution >= 4 is 22.4 Å². The van der Waals surface area contributed by atoms with E-state index in [0.717, 1.165) is 19.3 Å². The van der Waals surface area contributed by atoms with Crippen LogP contribution in [-0.4, -0.2) is 21.1 Å². The van der Waals surface area contributed by atoms with Gasteiger partial charge in [-0.25, -0.2) is 0 Å². The number of carbonyl (C=O) groups is 1. The first kappa shape index (κ1) is 16.4. The summed E-state index contributed by atoms with van der Waals surface area (Å²) in [5.41, 5.74) is 1.16. The minimum Gasteiger partial charge on any atom is -0.325 e. The quantitative estimate of drug-likeness (QED) is 0.786. The summed E-state index contributed by atoms with van der Waals surface area (Å²) in [6.45, 7) is 3.77. The molecule has 0 heterocycles. The molecular formula is C15H20N2O2S. The number of amides is 1. The topological polar surface area (TPSA) is 70.0 Å². The number of carbonyl (C=O) groups excluding carboxylic acids is 1. The Morgan fingerprint density at radius 3 is 2.55 bits per heavy atom. The molecule has 0 aliphatic rings. The van der Waals surface area contributed by atoms with Crippen LogP contribution in [0.4, 0.5) is 5.69 Å². The second kappa shape index (κ2) is 8.49. The van der Waals surface area contributed by atoms with Crippen molar-refractivity contribution in [3.05, 3.63) is 29.8 Å². The van der Waals surface area contributed by atoms with Crippen molar-refractivity contribution in [1.82, 2.24) is 0 Å². The van der Waals surface area contributed by atoms with Crippen molar-refractivity contribution in [2.45, 2.75) is 38.4 Å². The molecule has 108 valence electrons. The first-order chi connectivity index (χ1) is 9.58. The minimum absolute atomic E-state index is 0.246. The van der Waals surface area contributed by atoms with Gasteiger partial charge in [-0.1, -0.05) is 19.8 Å². The summed E-state index contributed by atoms with van der Waals surface area (Å²) >= 11 is 0. The fourth-order valence-electron chi connectivity index (χ4n) is 1.66. The van der Waals surface area contributed by atoms with Crippen LogP contribution in [0.25, 0.3) is 0 Å². The van der Waals surface area contributed by atoms with Crippen molar-refractivity contribution in [3.63, 3.8) is 0 Å². The summed E-state index contributed by atoms with van der Waals surface area (Å²) < 4.78 is 12.0. The fraction of sp³-hybridized carbons (Fsp3) is 0.467. The smallest absolute Gasteiger partial charge is 0.239 e. The fourth-order valence-corrected chi connectivity index (χ4v) is 2.80. The lowest BCUT2D eigenvalue weighted by Gasteiger charge is -2.12. The third-order valence-corrected chi connectivity index (χ3v) is 4.69. The van der Waals surface area contributed by atoms with Gasteiger partial charge in [-0.05, 0) is 37.6 Å². The lowest BCUT2D eigenvalue weighted by Crippen LogP contribution is -2.30. The Bertz CT molecular complexity index is 506. The van der Waals surface area contributed by atoms with Gasteiger partial charge in [-0.3, -0.25) is 9.00 Å². The number of benzene rings is 1. The van der Waals surface area contributed by atoms with E-state index in [9.17, 15) is 9.00 Å². The molecule has 2 atom stereocenters. The van der Waals surface area contributed by atoms with Gasteiger partial charge in [0.05, 0.1) is 11.6 Å². The molecule has 4 nitrogen and oxygen atoms in total. The summed E-state index contributed by atoms with van der Waals surface area (Å²) in [6.07, 6.45) is 3.00. The van der Waals surface area contributed by atoms with E-state index in [1.54, 1.807) is 31.2 Å². The number of unbranched alkanes of at least 4 members (excludes halogenated alkanes) is 2. The Kier molecular flexibility index (Phi) is 6.96. The monoisotopic (exact) mass is 292 g/mol. The Balaban J connectivity index is 2.52. The lowest BCUT2D eigenvalue weighted by atomic mass is 10.2. The highest BCUT2D eigenvalue weighted by Gasteiger charge is 2.19. The van der Waals surface area contributed by atoms with Crippen LogP contribution in [0.5, 0.6) is 0 Å². The molecular weight excluding hydrogens is 272 g/mol. The van der Waals surface area contributed by atoms with Gasteiger partial charge in [-0.2, -0.15) is 5.26 Å². The Morgan fingerprint density at radius 1 is 1.35 bits per heavy atom. The van der Waals surface area contributed by atoms with Crippen LogP contribution in [0.3, 0.4) is 0 Å². The molecule has 1 rings (SSSR count). The van der Waals surface area contributed by atoms with Crippen LogP contribution in [-0.2, 0) is 15.6 Å². The average molecular weight is 292 g/mol. The molecule has 0 aliphatic carbocycles. The minimum atomic E-state index is -1.14. The van der Waals surface area contributed by atoms with E-state index in [1.807, 2.05) is 6.07 Å². The summed E-state index contributed by atoms with van der Waals surface area (Å²) in [4.78, 5) is 12.0. The van der Waals surface area contributed by atoms with E-state index in [-0.39, 0.29) is 5.91 Å². The highest BCUT2D eigenvalue weighted by Crippen LogP contribution is 2.11. The molecule has 0 bridgehead atoms. The summed E-state index contributed by atoms with van der Waals surface area (Å²) in [6, 6.07) is 8.63. The predicted octanol–water partition coefficient (Wildman–Crippen LogP) is 2.82. The third-order valence-electron chi connectivity index (χ3n) is 2.99. The maximum atomic E-state index is 12.0. The number of nitrogens with zero attached hydrogens (tertiary/aromatic N) is 1. The van der Waals surface area contributed by atoms with Crippen LogP contribution in [0, 0.1) is 11.3 Å². The summed E-state index contributed by atoms with van der Waals surface area (Å²) in [7, 11) is -1.14. The van der Waals surface area contributed by atoms with Crippen LogP contribution in [0.15, 0.2) is 24.3 Å². The van der Waals surface area contributed by atoms with Gasteiger partial charge >= 0.3 is 0 Å². The number of nitriles is 1. The van der Waals surface area contributed by atoms with Crippen molar-refractivity contribution in [3.8, 4) is 6.07 Å². The largest absolute Gasteiger partial charge is 0.325 e. The Labute approximate surface area is 122 Å². The SMILES string of the molecule is CCCCCS(=O)C(C)C(=O)Nc1ccc(C#N)cc1. The van der Waals surface area contributed by atoms with Gasteiger partial charge in [-0.15, -0.1) is 0 Å². The highest BCUT2D eigenvalue weighted by molar-refractivity contribution is 7.86. The van der Waals surface area contributed by atoms with Crippen molar-refractivity contribution < 1.29 is 9.00 Å². The molecule has 5 heteroatoms. The van der Waals surface area contributed by atoms with Gasteiger partial charge in [0.15, 0.2) is 0 Å². The molecule has 1 amide bonds. The highest BCUT2D eigenvalue weighted by atomic mass is 32.2. The standard InChI is InChI=1S/C15H20N2O2S/c1-3-4-5-10-20(19)12(2)15(18)17-14-8-6-13(11-16)7-9-14/h6-9,12H,3-5,10H2,1-2H3,(H,17,18). The van der Waals surface area contributed by atoms with Gasteiger partial charge in [0.2, 0.25) is 5.91 Å². The Hall–Kier alpha value is -1.67. The molecule has 0 aliphatic heterocycles. The van der Waals surface area contributed by atoms with Gasteiger partial charge < -0.3 is 5.32 Å². The van der Waals surface area contributed by atoms with Crippen LogP contribution in [0.2, 0.25) is 0 Å². The molecule has 2 unspecified atom stereocenters. The summed E-state index contributed by atoms with van der Waals surface area (Å²) in [5, 5.41) is 10.9. The molecule has 0 fully saturated rings. The molecule has 20 heavy (non-hydrogen) atoms. The van der Waals surface area contributed by atoms with E-state index < -0.39 is 16.0 Å². The number of anilines is 1. The number of hydrogen-bond donors (Lipinski definition) is 1. The lowest BCUT2D eigenvalue weighted by molar-refractivity contribution is -0.115. The molecule has 1 N–H and O–H groups in total.